The molecule has 2 rings (SSSR count). The number of nitrogens with zero attached hydrogens (tertiary/aromatic N) is 1. The van der Waals surface area contributed by atoms with Gasteiger partial charge in [-0.25, -0.2) is 0 Å². The zero-order valence-corrected chi connectivity index (χ0v) is 16.1. The van der Waals surface area contributed by atoms with Crippen molar-refractivity contribution in [3.8, 4) is 23.8 Å². The topological polar surface area (TPSA) is 50.8 Å². The third kappa shape index (κ3) is 6.36. The fourth-order valence-electron chi connectivity index (χ4n) is 2.70. The molecule has 0 radical (unpaired) electrons. The second-order valence-corrected chi connectivity index (χ2v) is 6.30. The van der Waals surface area contributed by atoms with E-state index in [1.165, 1.54) is 5.56 Å². The summed E-state index contributed by atoms with van der Waals surface area (Å²) >= 11 is 0. The van der Waals surface area contributed by atoms with E-state index in [1.807, 2.05) is 30.0 Å². The van der Waals surface area contributed by atoms with Gasteiger partial charge in [0.1, 0.15) is 0 Å². The number of aryl methyl sites for hydroxylation is 1. The van der Waals surface area contributed by atoms with Gasteiger partial charge in [0.05, 0.1) is 27.3 Å². The first-order valence-electron chi connectivity index (χ1n) is 8.74. The summed E-state index contributed by atoms with van der Waals surface area (Å²) in [7, 11) is 3.18. The Balaban J connectivity index is 1.92. The molecule has 5 heteroatoms. The number of benzene rings is 2. The van der Waals surface area contributed by atoms with Gasteiger partial charge in [0.25, 0.3) is 0 Å². The average molecular weight is 366 g/mol. The van der Waals surface area contributed by atoms with Crippen LogP contribution in [-0.2, 0) is 17.9 Å². The highest BCUT2D eigenvalue weighted by Gasteiger charge is 2.11. The quantitative estimate of drug-likeness (QED) is 0.694. The Morgan fingerprint density at radius 2 is 1.74 bits per heavy atom. The summed E-state index contributed by atoms with van der Waals surface area (Å²) in [4.78, 5) is 14.3. The van der Waals surface area contributed by atoms with Crippen LogP contribution >= 0.6 is 0 Å². The third-order valence-electron chi connectivity index (χ3n) is 4.15. The monoisotopic (exact) mass is 366 g/mol. The van der Waals surface area contributed by atoms with Gasteiger partial charge in [-0.2, -0.15) is 0 Å². The standard InChI is InChI=1S/C22H26N2O3/c1-5-12-24(15-18-8-6-17(2)7-9-18)16-22(25)23-14-19-10-11-20(26-3)21(13-19)27-4/h1,6-11,13H,12,14-16H2,2-4H3,(H,23,25). The number of ether oxygens (including phenoxy) is 2. The molecule has 0 unspecified atom stereocenters. The molecule has 0 aromatic heterocycles. The van der Waals surface area contributed by atoms with E-state index in [0.29, 0.717) is 31.1 Å². The number of nitrogens with one attached hydrogen (secondary N) is 1. The largest absolute Gasteiger partial charge is 0.493 e. The molecule has 27 heavy (non-hydrogen) atoms. The minimum atomic E-state index is -0.0767. The van der Waals surface area contributed by atoms with Gasteiger partial charge < -0.3 is 14.8 Å². The summed E-state index contributed by atoms with van der Waals surface area (Å²) in [5, 5.41) is 2.93. The van der Waals surface area contributed by atoms with E-state index in [-0.39, 0.29) is 12.5 Å². The highest BCUT2D eigenvalue weighted by molar-refractivity contribution is 5.78. The average Bonchev–Trinajstić information content (AvgIpc) is 2.68. The zero-order valence-electron chi connectivity index (χ0n) is 16.1. The van der Waals surface area contributed by atoms with Crippen molar-refractivity contribution < 1.29 is 14.3 Å². The Bertz CT molecular complexity index is 794. The van der Waals surface area contributed by atoms with Crippen LogP contribution < -0.4 is 14.8 Å². The molecular formula is C22H26N2O3. The fourth-order valence-corrected chi connectivity index (χ4v) is 2.70. The van der Waals surface area contributed by atoms with Gasteiger partial charge in [-0.05, 0) is 30.2 Å². The van der Waals surface area contributed by atoms with Crippen molar-refractivity contribution in [2.45, 2.75) is 20.0 Å². The molecule has 0 aliphatic rings. The van der Waals surface area contributed by atoms with Crippen LogP contribution in [-0.4, -0.2) is 38.1 Å². The number of hydrogen-bond donors (Lipinski definition) is 1. The number of amides is 1. The van der Waals surface area contributed by atoms with Crippen molar-refractivity contribution >= 4 is 5.91 Å². The number of terminal acetylenes is 1. The first kappa shape index (κ1) is 20.3. The van der Waals surface area contributed by atoms with Crippen LogP contribution in [0.3, 0.4) is 0 Å². The third-order valence-corrected chi connectivity index (χ3v) is 4.15. The van der Waals surface area contributed by atoms with E-state index >= 15 is 0 Å². The van der Waals surface area contributed by atoms with Crippen molar-refractivity contribution in [1.82, 2.24) is 10.2 Å². The Kier molecular flexibility index (Phi) is 7.72. The van der Waals surface area contributed by atoms with Crippen LogP contribution in [0.2, 0.25) is 0 Å². The maximum absolute atomic E-state index is 12.3. The lowest BCUT2D eigenvalue weighted by Gasteiger charge is -2.19. The van der Waals surface area contributed by atoms with Crippen LogP contribution in [0, 0.1) is 19.3 Å². The van der Waals surface area contributed by atoms with Crippen LogP contribution in [0.5, 0.6) is 11.5 Å². The summed E-state index contributed by atoms with van der Waals surface area (Å²) in [5.74, 6) is 3.84. The van der Waals surface area contributed by atoms with Crippen molar-refractivity contribution in [3.05, 3.63) is 59.2 Å². The smallest absolute Gasteiger partial charge is 0.234 e. The molecule has 0 aliphatic carbocycles. The molecule has 1 amide bonds. The predicted octanol–water partition coefficient (Wildman–Crippen LogP) is 2.76. The van der Waals surface area contributed by atoms with Gasteiger partial charge in [0.15, 0.2) is 11.5 Å². The number of carbonyl (C=O) groups excluding carboxylic acids is 1. The molecule has 0 heterocycles. The van der Waals surface area contributed by atoms with Gasteiger partial charge in [0.2, 0.25) is 5.91 Å². The summed E-state index contributed by atoms with van der Waals surface area (Å²) in [5.41, 5.74) is 3.27. The lowest BCUT2D eigenvalue weighted by Crippen LogP contribution is -2.36. The fraction of sp³-hybridized carbons (Fsp3) is 0.318. The Labute approximate surface area is 161 Å². The van der Waals surface area contributed by atoms with Crippen molar-refractivity contribution in [3.63, 3.8) is 0 Å². The van der Waals surface area contributed by atoms with Crippen molar-refractivity contribution in [1.29, 1.82) is 0 Å². The Morgan fingerprint density at radius 1 is 1.07 bits per heavy atom. The van der Waals surface area contributed by atoms with Crippen LogP contribution in [0.15, 0.2) is 42.5 Å². The van der Waals surface area contributed by atoms with Crippen LogP contribution in [0.4, 0.5) is 0 Å². The molecule has 1 N–H and O–H groups in total. The predicted molar refractivity (Wildman–Crippen MR) is 107 cm³/mol. The molecule has 0 spiro atoms. The number of methoxy groups -OCH3 is 2. The van der Waals surface area contributed by atoms with Gasteiger partial charge in [-0.15, -0.1) is 6.42 Å². The van der Waals surface area contributed by atoms with E-state index in [2.05, 4.69) is 35.5 Å². The Morgan fingerprint density at radius 3 is 2.37 bits per heavy atom. The van der Waals surface area contributed by atoms with E-state index in [1.54, 1.807) is 14.2 Å². The first-order valence-corrected chi connectivity index (χ1v) is 8.74. The van der Waals surface area contributed by atoms with Crippen LogP contribution in [0.25, 0.3) is 0 Å². The highest BCUT2D eigenvalue weighted by Crippen LogP contribution is 2.27. The second kappa shape index (κ2) is 10.2. The molecule has 0 atom stereocenters. The maximum atomic E-state index is 12.3. The molecule has 0 saturated carbocycles. The van der Waals surface area contributed by atoms with Gasteiger partial charge in [-0.3, -0.25) is 9.69 Å². The highest BCUT2D eigenvalue weighted by atomic mass is 16.5. The maximum Gasteiger partial charge on any atom is 0.234 e. The Hall–Kier alpha value is -2.97. The number of carbonyl (C=O) groups is 1. The van der Waals surface area contributed by atoms with Crippen LogP contribution in [0.1, 0.15) is 16.7 Å². The number of hydrogen-bond acceptors (Lipinski definition) is 4. The molecular weight excluding hydrogens is 340 g/mol. The van der Waals surface area contributed by atoms with Crippen molar-refractivity contribution in [2.24, 2.45) is 0 Å². The zero-order chi connectivity index (χ0) is 19.6. The molecule has 0 aliphatic heterocycles. The molecule has 2 aromatic carbocycles. The normalized spacial score (nSPS) is 10.3. The second-order valence-electron chi connectivity index (χ2n) is 6.30. The van der Waals surface area contributed by atoms with Crippen molar-refractivity contribution in [2.75, 3.05) is 27.3 Å². The molecule has 2 aromatic rings. The summed E-state index contributed by atoms with van der Waals surface area (Å²) in [6, 6.07) is 13.8. The number of rotatable bonds is 9. The lowest BCUT2D eigenvalue weighted by molar-refractivity contribution is -0.122. The summed E-state index contributed by atoms with van der Waals surface area (Å²) < 4.78 is 10.5. The first-order chi connectivity index (χ1) is 13.0. The molecule has 0 saturated heterocycles. The van der Waals surface area contributed by atoms with Gasteiger partial charge in [-0.1, -0.05) is 41.8 Å². The summed E-state index contributed by atoms with van der Waals surface area (Å²) in [6.45, 7) is 3.75. The minimum absolute atomic E-state index is 0.0767. The van der Waals surface area contributed by atoms with E-state index in [9.17, 15) is 4.79 Å². The van der Waals surface area contributed by atoms with E-state index in [4.69, 9.17) is 15.9 Å². The molecule has 0 fully saturated rings. The van der Waals surface area contributed by atoms with Gasteiger partial charge >= 0.3 is 0 Å². The van der Waals surface area contributed by atoms with E-state index < -0.39 is 0 Å². The molecule has 142 valence electrons. The van der Waals surface area contributed by atoms with E-state index in [0.717, 1.165) is 11.1 Å². The lowest BCUT2D eigenvalue weighted by atomic mass is 10.1. The SMILES string of the molecule is C#CCN(CC(=O)NCc1ccc(OC)c(OC)c1)Cc1ccc(C)cc1. The minimum Gasteiger partial charge on any atom is -0.493 e. The van der Waals surface area contributed by atoms with Gasteiger partial charge in [0, 0.05) is 13.1 Å². The summed E-state index contributed by atoms with van der Waals surface area (Å²) in [6.07, 6.45) is 5.46. The molecule has 0 bridgehead atoms. The molecule has 5 nitrogen and oxygen atoms in total.